The maximum atomic E-state index is 9.54. The van der Waals surface area contributed by atoms with Gasteiger partial charge in [-0.3, -0.25) is 0 Å². The highest BCUT2D eigenvalue weighted by atomic mass is 16.5. The molecule has 1 atom stereocenters. The second kappa shape index (κ2) is 4.46. The molecule has 0 bridgehead atoms. The molecule has 92 valence electrons. The Bertz CT molecular complexity index is 558. The average molecular weight is 240 g/mol. The van der Waals surface area contributed by atoms with Crippen molar-refractivity contribution in [2.75, 3.05) is 6.61 Å². The summed E-state index contributed by atoms with van der Waals surface area (Å²) in [7, 11) is 0. The van der Waals surface area contributed by atoms with Crippen LogP contribution >= 0.6 is 0 Å². The van der Waals surface area contributed by atoms with Gasteiger partial charge in [0.1, 0.15) is 11.9 Å². The van der Waals surface area contributed by atoms with Crippen LogP contribution in [0.25, 0.3) is 0 Å². The first-order chi connectivity index (χ1) is 8.74. The van der Waals surface area contributed by atoms with E-state index < -0.39 is 0 Å². The Kier molecular flexibility index (Phi) is 2.80. The fourth-order valence-corrected chi connectivity index (χ4v) is 2.46. The molecule has 2 heteroatoms. The molecule has 1 aliphatic heterocycles. The zero-order valence-electron chi connectivity index (χ0n) is 10.4. The van der Waals surface area contributed by atoms with Crippen LogP contribution in [-0.2, 0) is 11.2 Å². The quantitative estimate of drug-likeness (QED) is 0.828. The van der Waals surface area contributed by atoms with E-state index in [2.05, 4.69) is 31.2 Å². The lowest BCUT2D eigenvalue weighted by Gasteiger charge is -2.26. The number of aryl methyl sites for hydroxylation is 1. The van der Waals surface area contributed by atoms with Gasteiger partial charge in [0.2, 0.25) is 0 Å². The van der Waals surface area contributed by atoms with Crippen LogP contribution in [0.1, 0.15) is 28.4 Å². The van der Waals surface area contributed by atoms with Crippen molar-refractivity contribution in [1.29, 1.82) is 0 Å². The van der Waals surface area contributed by atoms with Crippen molar-refractivity contribution in [2.24, 2.45) is 0 Å². The first-order valence-corrected chi connectivity index (χ1v) is 6.24. The number of ether oxygens (including phenoxy) is 1. The van der Waals surface area contributed by atoms with Gasteiger partial charge in [0.05, 0.1) is 6.61 Å². The lowest BCUT2D eigenvalue weighted by molar-refractivity contribution is 0.0697. The van der Waals surface area contributed by atoms with Crippen molar-refractivity contribution in [2.45, 2.75) is 19.4 Å². The van der Waals surface area contributed by atoms with Crippen molar-refractivity contribution in [3.63, 3.8) is 0 Å². The van der Waals surface area contributed by atoms with E-state index in [1.165, 1.54) is 22.3 Å². The molecule has 1 heterocycles. The minimum Gasteiger partial charge on any atom is -0.508 e. The van der Waals surface area contributed by atoms with Gasteiger partial charge in [-0.25, -0.2) is 0 Å². The molecular weight excluding hydrogens is 224 g/mol. The number of fused-ring (bicyclic) bond motifs is 1. The van der Waals surface area contributed by atoms with E-state index in [0.29, 0.717) is 12.4 Å². The van der Waals surface area contributed by atoms with Gasteiger partial charge in [-0.15, -0.1) is 0 Å². The Balaban J connectivity index is 2.03. The van der Waals surface area contributed by atoms with E-state index in [1.807, 2.05) is 12.1 Å². The summed E-state index contributed by atoms with van der Waals surface area (Å²) in [6.07, 6.45) is 0.862. The SMILES string of the molecule is Cc1ccc(C2OCCc3cc(O)ccc32)cc1. The summed E-state index contributed by atoms with van der Waals surface area (Å²) in [6, 6.07) is 14.0. The Morgan fingerprint density at radius 3 is 2.67 bits per heavy atom. The maximum Gasteiger partial charge on any atom is 0.115 e. The third kappa shape index (κ3) is 2.00. The lowest BCUT2D eigenvalue weighted by Crippen LogP contribution is -2.17. The fraction of sp³-hybridized carbons (Fsp3) is 0.250. The smallest absolute Gasteiger partial charge is 0.115 e. The number of hydrogen-bond donors (Lipinski definition) is 1. The van der Waals surface area contributed by atoms with E-state index >= 15 is 0 Å². The van der Waals surface area contributed by atoms with E-state index in [4.69, 9.17) is 4.74 Å². The lowest BCUT2D eigenvalue weighted by atomic mass is 9.92. The maximum absolute atomic E-state index is 9.54. The van der Waals surface area contributed by atoms with E-state index in [-0.39, 0.29) is 6.10 Å². The van der Waals surface area contributed by atoms with Crippen molar-refractivity contribution < 1.29 is 9.84 Å². The zero-order valence-corrected chi connectivity index (χ0v) is 10.4. The highest BCUT2D eigenvalue weighted by Crippen LogP contribution is 2.34. The van der Waals surface area contributed by atoms with Gasteiger partial charge in [-0.2, -0.15) is 0 Å². The van der Waals surface area contributed by atoms with Crippen LogP contribution in [0.5, 0.6) is 5.75 Å². The second-order valence-electron chi connectivity index (χ2n) is 4.79. The molecular formula is C16H16O2. The summed E-state index contributed by atoms with van der Waals surface area (Å²) in [4.78, 5) is 0. The fourth-order valence-electron chi connectivity index (χ4n) is 2.46. The summed E-state index contributed by atoms with van der Waals surface area (Å²) in [5.41, 5.74) is 4.78. The second-order valence-corrected chi connectivity index (χ2v) is 4.79. The summed E-state index contributed by atoms with van der Waals surface area (Å²) >= 11 is 0. The molecule has 1 N–H and O–H groups in total. The van der Waals surface area contributed by atoms with Crippen LogP contribution in [0.4, 0.5) is 0 Å². The predicted octanol–water partition coefficient (Wildman–Crippen LogP) is 3.36. The molecule has 0 radical (unpaired) electrons. The third-order valence-electron chi connectivity index (χ3n) is 3.45. The minimum atomic E-state index is -0.00468. The highest BCUT2D eigenvalue weighted by Gasteiger charge is 2.22. The number of rotatable bonds is 1. The Morgan fingerprint density at radius 1 is 1.11 bits per heavy atom. The Hall–Kier alpha value is -1.80. The zero-order chi connectivity index (χ0) is 12.5. The van der Waals surface area contributed by atoms with E-state index in [9.17, 15) is 5.11 Å². The van der Waals surface area contributed by atoms with Crippen LogP contribution in [0.3, 0.4) is 0 Å². The van der Waals surface area contributed by atoms with Crippen molar-refractivity contribution in [3.8, 4) is 5.75 Å². The minimum absolute atomic E-state index is 0.00468. The average Bonchev–Trinajstić information content (AvgIpc) is 2.38. The molecule has 0 amide bonds. The molecule has 18 heavy (non-hydrogen) atoms. The molecule has 2 aromatic carbocycles. The van der Waals surface area contributed by atoms with Crippen LogP contribution in [0.15, 0.2) is 42.5 Å². The normalized spacial score (nSPS) is 18.4. The predicted molar refractivity (Wildman–Crippen MR) is 70.8 cm³/mol. The van der Waals surface area contributed by atoms with Crippen molar-refractivity contribution >= 4 is 0 Å². The van der Waals surface area contributed by atoms with Gasteiger partial charge >= 0.3 is 0 Å². The van der Waals surface area contributed by atoms with Crippen LogP contribution in [0.2, 0.25) is 0 Å². The number of aromatic hydroxyl groups is 1. The molecule has 0 aromatic heterocycles. The number of phenols is 1. The standard InChI is InChI=1S/C16H16O2/c1-11-2-4-12(5-3-11)16-15-7-6-14(17)10-13(15)8-9-18-16/h2-7,10,16-17H,8-9H2,1H3. The van der Waals surface area contributed by atoms with Gasteiger partial charge < -0.3 is 9.84 Å². The van der Waals surface area contributed by atoms with Crippen LogP contribution in [-0.4, -0.2) is 11.7 Å². The third-order valence-corrected chi connectivity index (χ3v) is 3.45. The van der Waals surface area contributed by atoms with Crippen molar-refractivity contribution in [1.82, 2.24) is 0 Å². The number of hydrogen-bond acceptors (Lipinski definition) is 2. The molecule has 2 aromatic rings. The van der Waals surface area contributed by atoms with E-state index in [1.54, 1.807) is 6.07 Å². The molecule has 0 spiro atoms. The summed E-state index contributed by atoms with van der Waals surface area (Å²) in [5, 5.41) is 9.54. The summed E-state index contributed by atoms with van der Waals surface area (Å²) in [6.45, 7) is 2.78. The highest BCUT2D eigenvalue weighted by molar-refractivity contribution is 5.42. The molecule has 2 nitrogen and oxygen atoms in total. The largest absolute Gasteiger partial charge is 0.508 e. The Labute approximate surface area is 107 Å². The Morgan fingerprint density at radius 2 is 1.89 bits per heavy atom. The molecule has 1 unspecified atom stereocenters. The summed E-state index contributed by atoms with van der Waals surface area (Å²) < 4.78 is 5.89. The van der Waals surface area contributed by atoms with E-state index in [0.717, 1.165) is 6.42 Å². The molecule has 0 saturated heterocycles. The molecule has 0 saturated carbocycles. The molecule has 0 fully saturated rings. The van der Waals surface area contributed by atoms with Gasteiger partial charge in [0, 0.05) is 0 Å². The molecule has 1 aliphatic rings. The van der Waals surface area contributed by atoms with Crippen LogP contribution < -0.4 is 0 Å². The molecule has 0 aliphatic carbocycles. The monoisotopic (exact) mass is 240 g/mol. The number of benzene rings is 2. The first-order valence-electron chi connectivity index (χ1n) is 6.24. The first kappa shape index (κ1) is 11.3. The topological polar surface area (TPSA) is 29.5 Å². The van der Waals surface area contributed by atoms with Gasteiger partial charge in [0.15, 0.2) is 0 Å². The summed E-state index contributed by atoms with van der Waals surface area (Å²) in [5.74, 6) is 0.332. The van der Waals surface area contributed by atoms with Gasteiger partial charge in [0.25, 0.3) is 0 Å². The molecule has 3 rings (SSSR count). The number of phenolic OH excluding ortho intramolecular Hbond substituents is 1. The van der Waals surface area contributed by atoms with Crippen LogP contribution in [0, 0.1) is 6.92 Å². The van der Waals surface area contributed by atoms with Crippen molar-refractivity contribution in [3.05, 3.63) is 64.7 Å². The van der Waals surface area contributed by atoms with Gasteiger partial charge in [-0.05, 0) is 42.2 Å². The van der Waals surface area contributed by atoms with Gasteiger partial charge in [-0.1, -0.05) is 35.9 Å².